The molecule has 5 heteroatoms. The van der Waals surface area contributed by atoms with E-state index in [1.54, 1.807) is 4.90 Å². The molecule has 0 aromatic carbocycles. The van der Waals surface area contributed by atoms with Gasteiger partial charge in [0.25, 0.3) is 0 Å². The van der Waals surface area contributed by atoms with Crippen LogP contribution in [0, 0.1) is 11.2 Å². The molecule has 1 aromatic rings. The Morgan fingerprint density at radius 3 is 2.52 bits per heavy atom. The Kier molecular flexibility index (Phi) is 6.24. The number of hydrogen-bond donors (Lipinski definition) is 0. The molecular formula is C16H26FN3O. The third-order valence-corrected chi connectivity index (χ3v) is 3.10. The lowest BCUT2D eigenvalue weighted by atomic mass is 9.91. The van der Waals surface area contributed by atoms with Gasteiger partial charge in [0, 0.05) is 13.0 Å². The van der Waals surface area contributed by atoms with Gasteiger partial charge in [0.05, 0.1) is 11.9 Å². The van der Waals surface area contributed by atoms with Crippen LogP contribution < -0.4 is 4.90 Å². The van der Waals surface area contributed by atoms with Crippen molar-refractivity contribution in [2.45, 2.75) is 60.3 Å². The molecule has 0 aliphatic carbocycles. The molecule has 0 bridgehead atoms. The van der Waals surface area contributed by atoms with Crippen molar-refractivity contribution in [3.63, 3.8) is 0 Å². The van der Waals surface area contributed by atoms with Crippen molar-refractivity contribution in [3.05, 3.63) is 17.7 Å². The Bertz CT molecular complexity index is 483. The fraction of sp³-hybridized carbons (Fsp3) is 0.688. The number of carbonyl (C=O) groups excluding carboxylic acids is 1. The molecule has 0 unspecified atom stereocenters. The Morgan fingerprint density at radius 1 is 1.33 bits per heavy atom. The van der Waals surface area contributed by atoms with E-state index in [1.807, 2.05) is 27.7 Å². The van der Waals surface area contributed by atoms with Crippen LogP contribution in [0.1, 0.15) is 59.6 Å². The average molecular weight is 295 g/mol. The van der Waals surface area contributed by atoms with E-state index >= 15 is 0 Å². The Labute approximate surface area is 126 Å². The summed E-state index contributed by atoms with van der Waals surface area (Å²) in [7, 11) is 0. The molecular weight excluding hydrogens is 269 g/mol. The fourth-order valence-corrected chi connectivity index (χ4v) is 1.97. The lowest BCUT2D eigenvalue weighted by Crippen LogP contribution is -2.36. The molecule has 0 fully saturated rings. The second kappa shape index (κ2) is 7.48. The summed E-state index contributed by atoms with van der Waals surface area (Å²) in [4.78, 5) is 22.3. The highest BCUT2D eigenvalue weighted by atomic mass is 19.1. The molecule has 21 heavy (non-hydrogen) atoms. The fourth-order valence-electron chi connectivity index (χ4n) is 1.97. The second-order valence-corrected chi connectivity index (χ2v) is 6.45. The van der Waals surface area contributed by atoms with Crippen LogP contribution in [-0.4, -0.2) is 22.4 Å². The topological polar surface area (TPSA) is 46.1 Å². The van der Waals surface area contributed by atoms with Gasteiger partial charge < -0.3 is 0 Å². The predicted octanol–water partition coefficient (Wildman–Crippen LogP) is 3.75. The molecule has 0 saturated carbocycles. The number of halogens is 1. The van der Waals surface area contributed by atoms with Crippen LogP contribution >= 0.6 is 0 Å². The standard InChI is InChI=1S/C16H26FN3O/c1-6-8-9-20(14(21)10-16(3,4)5)15-18-11-12(17)13(7-2)19-15/h11H,6-10H2,1-5H3. The molecule has 1 heterocycles. The lowest BCUT2D eigenvalue weighted by Gasteiger charge is -2.25. The van der Waals surface area contributed by atoms with Crippen molar-refractivity contribution in [2.24, 2.45) is 5.41 Å². The maximum Gasteiger partial charge on any atom is 0.232 e. The van der Waals surface area contributed by atoms with Crippen LogP contribution in [0.5, 0.6) is 0 Å². The van der Waals surface area contributed by atoms with E-state index in [0.717, 1.165) is 19.0 Å². The normalized spacial score (nSPS) is 11.5. The van der Waals surface area contributed by atoms with Crippen LogP contribution in [0.4, 0.5) is 10.3 Å². The van der Waals surface area contributed by atoms with Gasteiger partial charge in [-0.15, -0.1) is 0 Å². The van der Waals surface area contributed by atoms with E-state index in [2.05, 4.69) is 16.9 Å². The number of nitrogens with zero attached hydrogens (tertiary/aromatic N) is 3. The summed E-state index contributed by atoms with van der Waals surface area (Å²) >= 11 is 0. The first-order valence-corrected chi connectivity index (χ1v) is 7.60. The monoisotopic (exact) mass is 295 g/mol. The summed E-state index contributed by atoms with van der Waals surface area (Å²) in [5, 5.41) is 0. The summed E-state index contributed by atoms with van der Waals surface area (Å²) in [5.74, 6) is -0.111. The number of amides is 1. The highest BCUT2D eigenvalue weighted by molar-refractivity contribution is 5.91. The quantitative estimate of drug-likeness (QED) is 0.803. The third kappa shape index (κ3) is 5.40. The molecule has 4 nitrogen and oxygen atoms in total. The van der Waals surface area contributed by atoms with Gasteiger partial charge in [0.1, 0.15) is 0 Å². The number of aryl methyl sites for hydroxylation is 1. The maximum absolute atomic E-state index is 13.5. The summed E-state index contributed by atoms with van der Waals surface area (Å²) in [6.07, 6.45) is 3.90. The van der Waals surface area contributed by atoms with E-state index in [9.17, 15) is 9.18 Å². The zero-order valence-electron chi connectivity index (χ0n) is 13.7. The first-order valence-electron chi connectivity index (χ1n) is 7.60. The van der Waals surface area contributed by atoms with Gasteiger partial charge in [-0.1, -0.05) is 41.0 Å². The minimum atomic E-state index is -0.417. The Balaban J connectivity index is 3.04. The van der Waals surface area contributed by atoms with Crippen molar-refractivity contribution >= 4 is 11.9 Å². The summed E-state index contributed by atoms with van der Waals surface area (Å²) in [6.45, 7) is 10.5. The van der Waals surface area contributed by atoms with Gasteiger partial charge >= 0.3 is 0 Å². The van der Waals surface area contributed by atoms with Gasteiger partial charge in [-0.2, -0.15) is 0 Å². The largest absolute Gasteiger partial charge is 0.281 e. The first kappa shape index (κ1) is 17.5. The van der Waals surface area contributed by atoms with Gasteiger partial charge in [0.15, 0.2) is 5.82 Å². The number of aromatic nitrogens is 2. The van der Waals surface area contributed by atoms with Crippen molar-refractivity contribution in [1.82, 2.24) is 9.97 Å². The van der Waals surface area contributed by atoms with Crippen LogP contribution in [0.2, 0.25) is 0 Å². The van der Waals surface area contributed by atoms with E-state index in [-0.39, 0.29) is 11.3 Å². The second-order valence-electron chi connectivity index (χ2n) is 6.45. The third-order valence-electron chi connectivity index (χ3n) is 3.10. The summed E-state index contributed by atoms with van der Waals surface area (Å²) < 4.78 is 13.5. The zero-order valence-corrected chi connectivity index (χ0v) is 13.7. The summed E-state index contributed by atoms with van der Waals surface area (Å²) in [6, 6.07) is 0. The van der Waals surface area contributed by atoms with Crippen molar-refractivity contribution in [1.29, 1.82) is 0 Å². The van der Waals surface area contributed by atoms with Crippen LogP contribution in [-0.2, 0) is 11.2 Å². The molecule has 0 atom stereocenters. The van der Waals surface area contributed by atoms with Gasteiger partial charge in [0.2, 0.25) is 11.9 Å². The molecule has 0 spiro atoms. The van der Waals surface area contributed by atoms with Gasteiger partial charge in [-0.25, -0.2) is 14.4 Å². The molecule has 1 aromatic heterocycles. The van der Waals surface area contributed by atoms with Gasteiger partial charge in [-0.3, -0.25) is 9.69 Å². The zero-order chi connectivity index (χ0) is 16.0. The first-order chi connectivity index (χ1) is 9.78. The van der Waals surface area contributed by atoms with Crippen LogP contribution in [0.25, 0.3) is 0 Å². The molecule has 0 saturated heterocycles. The van der Waals surface area contributed by atoms with Gasteiger partial charge in [-0.05, 0) is 18.3 Å². The maximum atomic E-state index is 13.5. The lowest BCUT2D eigenvalue weighted by molar-refractivity contribution is -0.120. The molecule has 1 amide bonds. The Hall–Kier alpha value is -1.52. The molecule has 0 N–H and O–H groups in total. The SMILES string of the molecule is CCCCN(C(=O)CC(C)(C)C)c1ncc(F)c(CC)n1. The molecule has 0 aliphatic rings. The highest BCUT2D eigenvalue weighted by Crippen LogP contribution is 2.22. The van der Waals surface area contributed by atoms with E-state index in [0.29, 0.717) is 31.0 Å². The smallest absolute Gasteiger partial charge is 0.232 e. The number of anilines is 1. The molecule has 0 aliphatic heterocycles. The number of hydrogen-bond acceptors (Lipinski definition) is 3. The number of unbranched alkanes of at least 4 members (excludes halogenated alkanes) is 1. The highest BCUT2D eigenvalue weighted by Gasteiger charge is 2.24. The van der Waals surface area contributed by atoms with Crippen LogP contribution in [0.3, 0.4) is 0 Å². The molecule has 0 radical (unpaired) electrons. The minimum Gasteiger partial charge on any atom is -0.281 e. The predicted molar refractivity (Wildman–Crippen MR) is 82.7 cm³/mol. The van der Waals surface area contributed by atoms with E-state index < -0.39 is 5.82 Å². The van der Waals surface area contributed by atoms with E-state index in [1.165, 1.54) is 0 Å². The Morgan fingerprint density at radius 2 is 2.00 bits per heavy atom. The average Bonchev–Trinajstić information content (AvgIpc) is 2.38. The van der Waals surface area contributed by atoms with E-state index in [4.69, 9.17) is 0 Å². The molecule has 118 valence electrons. The van der Waals surface area contributed by atoms with Crippen molar-refractivity contribution in [2.75, 3.05) is 11.4 Å². The van der Waals surface area contributed by atoms with Crippen molar-refractivity contribution < 1.29 is 9.18 Å². The minimum absolute atomic E-state index is 0.00962. The van der Waals surface area contributed by atoms with Crippen LogP contribution in [0.15, 0.2) is 6.20 Å². The summed E-state index contributed by atoms with van der Waals surface area (Å²) in [5.41, 5.74) is 0.250. The number of carbonyl (C=O) groups is 1. The molecule has 1 rings (SSSR count). The van der Waals surface area contributed by atoms with Crippen molar-refractivity contribution in [3.8, 4) is 0 Å². The number of rotatable bonds is 6.